The van der Waals surface area contributed by atoms with Crippen LogP contribution in [0.25, 0.3) is 0 Å². The van der Waals surface area contributed by atoms with E-state index in [-0.39, 0.29) is 19.3 Å². The van der Waals surface area contributed by atoms with E-state index >= 15 is 0 Å². The lowest BCUT2D eigenvalue weighted by Gasteiger charge is -2.23. The molecule has 0 saturated carbocycles. The molecule has 0 bridgehead atoms. The van der Waals surface area contributed by atoms with Crippen LogP contribution in [-0.2, 0) is 18.6 Å². The fourth-order valence-electron chi connectivity index (χ4n) is 2.47. The van der Waals surface area contributed by atoms with Crippen molar-refractivity contribution >= 4 is 23.4 Å². The topological polar surface area (TPSA) is 123 Å². The van der Waals surface area contributed by atoms with Gasteiger partial charge in [-0.25, -0.2) is 9.65 Å². The second-order valence-corrected chi connectivity index (χ2v) is 6.85. The van der Waals surface area contributed by atoms with E-state index in [0.29, 0.717) is 12.8 Å². The fourth-order valence-corrected chi connectivity index (χ4v) is 3.58. The summed E-state index contributed by atoms with van der Waals surface area (Å²) in [4.78, 5) is 9.80. The minimum absolute atomic E-state index is 0.154. The lowest BCUT2D eigenvalue weighted by molar-refractivity contribution is 0.0310. The second-order valence-electron chi connectivity index (χ2n) is 5.30. The average molecular weight is 316 g/mol. The minimum atomic E-state index is -4.09. The number of hydrogen-bond donors (Lipinski definition) is 4. The van der Waals surface area contributed by atoms with Gasteiger partial charge >= 0.3 is 7.75 Å². The number of aliphatic hydroxyl groups is 1. The Balaban J connectivity index is 1.83. The van der Waals surface area contributed by atoms with Crippen molar-refractivity contribution in [2.24, 2.45) is 5.73 Å². The van der Waals surface area contributed by atoms with Crippen LogP contribution in [0.3, 0.4) is 0 Å². The summed E-state index contributed by atoms with van der Waals surface area (Å²) in [5, 5.41) is 11.6. The Morgan fingerprint density at radius 2 is 1.90 bits per heavy atom. The van der Waals surface area contributed by atoms with Crippen LogP contribution >= 0.6 is 7.75 Å². The summed E-state index contributed by atoms with van der Waals surface area (Å²) < 4.78 is 27.5. The molecule has 0 aromatic carbocycles. The number of aliphatic hydroxyl groups excluding tert-OH is 1. The zero-order valence-corrected chi connectivity index (χ0v) is 12.4. The molecule has 2 saturated heterocycles. The van der Waals surface area contributed by atoms with Gasteiger partial charge < -0.3 is 25.2 Å². The number of rotatable bonds is 6. The number of nitrogens with two attached hydrogens (primary N) is 1. The molecule has 4 radical (unpaired) electrons. The van der Waals surface area contributed by atoms with Gasteiger partial charge in [0.1, 0.15) is 15.7 Å². The third kappa shape index (κ3) is 4.77. The van der Waals surface area contributed by atoms with Crippen LogP contribution < -0.4 is 10.8 Å². The predicted molar refractivity (Wildman–Crippen MR) is 75.8 cm³/mol. The molecule has 116 valence electrons. The first-order chi connectivity index (χ1) is 9.80. The number of ether oxygens (including phenoxy) is 2. The molecule has 0 amide bonds. The summed E-state index contributed by atoms with van der Waals surface area (Å²) in [6.07, 6.45) is -0.418. The van der Waals surface area contributed by atoms with Crippen LogP contribution in [0.5, 0.6) is 0 Å². The minimum Gasteiger partial charge on any atom is -0.394 e. The van der Waals surface area contributed by atoms with E-state index < -0.39 is 38.0 Å². The van der Waals surface area contributed by atoms with Crippen molar-refractivity contribution < 1.29 is 28.6 Å². The normalized spacial score (nSPS) is 43.0. The summed E-state index contributed by atoms with van der Waals surface area (Å²) >= 11 is 0. The van der Waals surface area contributed by atoms with Crippen molar-refractivity contribution in [1.82, 2.24) is 5.09 Å². The first-order valence-electron chi connectivity index (χ1n) is 6.74. The molecule has 0 aliphatic carbocycles. The van der Waals surface area contributed by atoms with E-state index in [2.05, 4.69) is 5.09 Å². The number of nitrogens with one attached hydrogen (secondary N) is 1. The zero-order chi connectivity index (χ0) is 15.6. The van der Waals surface area contributed by atoms with E-state index in [1.165, 1.54) is 0 Å². The quantitative estimate of drug-likeness (QED) is 0.326. The van der Waals surface area contributed by atoms with Crippen molar-refractivity contribution in [3.05, 3.63) is 0 Å². The first kappa shape index (κ1) is 17.4. The highest BCUT2D eigenvalue weighted by Gasteiger charge is 2.38. The molecule has 0 aromatic rings. The van der Waals surface area contributed by atoms with E-state index in [4.69, 9.17) is 40.5 Å². The average Bonchev–Trinajstić information content (AvgIpc) is 2.88. The van der Waals surface area contributed by atoms with Crippen molar-refractivity contribution in [2.45, 2.75) is 49.1 Å². The molecule has 1 unspecified atom stereocenters. The molecule has 2 aliphatic heterocycles. The maximum absolute atomic E-state index is 12.0. The summed E-state index contributed by atoms with van der Waals surface area (Å²) in [7, 11) is 7.07. The van der Waals surface area contributed by atoms with Crippen LogP contribution in [0.2, 0.25) is 0 Å². The molecule has 0 spiro atoms. The molecule has 2 rings (SSSR count). The summed E-state index contributed by atoms with van der Waals surface area (Å²) in [5.41, 5.74) is 5.78. The maximum Gasteiger partial charge on any atom is 0.403 e. The third-order valence-electron chi connectivity index (χ3n) is 3.54. The molecular formula is C10H19B2N2O6P. The van der Waals surface area contributed by atoms with E-state index in [1.807, 2.05) is 0 Å². The van der Waals surface area contributed by atoms with E-state index in [0.717, 1.165) is 0 Å². The third-order valence-corrected chi connectivity index (χ3v) is 4.70. The molecule has 0 aromatic heterocycles. The van der Waals surface area contributed by atoms with Gasteiger partial charge in [-0.2, -0.15) is 0 Å². The van der Waals surface area contributed by atoms with Crippen LogP contribution in [0, 0.1) is 0 Å². The largest absolute Gasteiger partial charge is 0.403 e. The summed E-state index contributed by atoms with van der Waals surface area (Å²) in [5.74, 6) is 0. The molecule has 11 heteroatoms. The Labute approximate surface area is 126 Å². The van der Waals surface area contributed by atoms with Crippen molar-refractivity contribution in [1.29, 1.82) is 0 Å². The van der Waals surface area contributed by atoms with E-state index in [9.17, 15) is 9.46 Å². The van der Waals surface area contributed by atoms with Gasteiger partial charge in [-0.1, -0.05) is 0 Å². The lowest BCUT2D eigenvalue weighted by Crippen LogP contribution is -2.38. The van der Waals surface area contributed by atoms with Crippen LogP contribution in [0.1, 0.15) is 12.8 Å². The van der Waals surface area contributed by atoms with Crippen molar-refractivity contribution in [2.75, 3.05) is 13.2 Å². The Morgan fingerprint density at radius 1 is 1.29 bits per heavy atom. The van der Waals surface area contributed by atoms with Gasteiger partial charge in [0, 0.05) is 24.1 Å². The second kappa shape index (κ2) is 7.10. The highest BCUT2D eigenvalue weighted by Crippen LogP contribution is 2.40. The Kier molecular flexibility index (Phi) is 5.90. The molecule has 8 nitrogen and oxygen atoms in total. The van der Waals surface area contributed by atoms with Gasteiger partial charge in [0.15, 0.2) is 0 Å². The zero-order valence-electron chi connectivity index (χ0n) is 11.5. The van der Waals surface area contributed by atoms with Gasteiger partial charge in [0.05, 0.1) is 25.4 Å². The Morgan fingerprint density at radius 3 is 2.48 bits per heavy atom. The molecule has 2 heterocycles. The highest BCUT2D eigenvalue weighted by atomic mass is 31.2. The lowest BCUT2D eigenvalue weighted by atomic mass is 9.95. The van der Waals surface area contributed by atoms with Crippen molar-refractivity contribution in [3.63, 3.8) is 0 Å². The molecule has 2 fully saturated rings. The molecule has 5 N–H and O–H groups in total. The van der Waals surface area contributed by atoms with Gasteiger partial charge in [0.2, 0.25) is 0 Å². The standard InChI is InChI=1S/C10H19B2N2O6P/c11-9-1-5(13)8(20-9)4-18-21(16,17)14-6-2-10(12)19-7(6)3-15/h5-10,15H,1-4,13H2,(H2,14,16,17)/t5-,6-,7+,8+,9+,10+/m0/s1. The SMILES string of the molecule is [B][C@H]1C[C@H](NP(=O)(O)OC[C@H]2O[C@@H]([B])C[C@@H]2N)[C@@H](CO)O1. The molecule has 2 aliphatic rings. The van der Waals surface area contributed by atoms with Gasteiger partial charge in [0.25, 0.3) is 0 Å². The van der Waals surface area contributed by atoms with Gasteiger partial charge in [-0.15, -0.1) is 0 Å². The Hall–Kier alpha value is 0.0799. The summed E-state index contributed by atoms with van der Waals surface area (Å²) in [6.45, 7) is -0.462. The molecule has 7 atom stereocenters. The van der Waals surface area contributed by atoms with Crippen molar-refractivity contribution in [3.8, 4) is 0 Å². The van der Waals surface area contributed by atoms with Crippen LogP contribution in [0.4, 0.5) is 0 Å². The van der Waals surface area contributed by atoms with Gasteiger partial charge in [-0.05, 0) is 12.8 Å². The first-order valence-corrected chi connectivity index (χ1v) is 8.32. The molecule has 21 heavy (non-hydrogen) atoms. The Bertz CT molecular complexity index is 406. The maximum atomic E-state index is 12.0. The van der Waals surface area contributed by atoms with Crippen LogP contribution in [-0.4, -0.2) is 75.2 Å². The van der Waals surface area contributed by atoms with Gasteiger partial charge in [-0.3, -0.25) is 4.52 Å². The smallest absolute Gasteiger partial charge is 0.394 e. The molecular weight excluding hydrogens is 297 g/mol. The fraction of sp³-hybridized carbons (Fsp3) is 1.00. The highest BCUT2D eigenvalue weighted by molar-refractivity contribution is 7.50. The monoisotopic (exact) mass is 316 g/mol. The van der Waals surface area contributed by atoms with Crippen LogP contribution in [0.15, 0.2) is 0 Å². The van der Waals surface area contributed by atoms with E-state index in [1.54, 1.807) is 0 Å². The summed E-state index contributed by atoms with van der Waals surface area (Å²) in [6, 6.07) is -1.99. The number of hydrogen-bond acceptors (Lipinski definition) is 6. The predicted octanol–water partition coefficient (Wildman–Crippen LogP) is -2.05.